The van der Waals surface area contributed by atoms with E-state index >= 15 is 0 Å². The Hall–Kier alpha value is -2.04. The number of carbonyl (C=O) groups is 1. The third kappa shape index (κ3) is 2.96. The maximum absolute atomic E-state index is 11.5. The Morgan fingerprint density at radius 2 is 2.18 bits per heavy atom. The molecule has 0 saturated heterocycles. The van der Waals surface area contributed by atoms with Crippen molar-refractivity contribution in [3.8, 4) is 0 Å². The van der Waals surface area contributed by atoms with E-state index in [1.54, 1.807) is 6.20 Å². The number of nitrogens with zero attached hydrogens (tertiary/aromatic N) is 2. The van der Waals surface area contributed by atoms with Crippen LogP contribution in [-0.4, -0.2) is 21.1 Å². The van der Waals surface area contributed by atoms with Crippen LogP contribution in [0.3, 0.4) is 0 Å². The van der Waals surface area contributed by atoms with E-state index in [-0.39, 0.29) is 0 Å². The molecule has 17 heavy (non-hydrogen) atoms. The average Bonchev–Trinajstić information content (AvgIpc) is 2.55. The number of hydrogen-bond acceptors (Lipinski definition) is 3. The van der Waals surface area contributed by atoms with Gasteiger partial charge in [-0.25, -0.2) is 9.78 Å². The average molecular weight is 233 g/mol. The van der Waals surface area contributed by atoms with Gasteiger partial charge in [-0.15, -0.1) is 0 Å². The van der Waals surface area contributed by atoms with E-state index in [0.29, 0.717) is 5.82 Å². The Morgan fingerprint density at radius 3 is 2.82 bits per heavy atom. The summed E-state index contributed by atoms with van der Waals surface area (Å²) in [6.07, 6.45) is 3.10. The molecule has 2 aromatic rings. The molecule has 0 aromatic carbocycles. The highest BCUT2D eigenvalue weighted by molar-refractivity contribution is 5.84. The number of anilines is 1. The van der Waals surface area contributed by atoms with Gasteiger partial charge in [0.05, 0.1) is 6.20 Å². The number of amides is 1. The third-order valence-corrected chi connectivity index (χ3v) is 1.99. The van der Waals surface area contributed by atoms with Crippen molar-refractivity contribution in [3.63, 3.8) is 0 Å². The van der Waals surface area contributed by atoms with Crippen molar-refractivity contribution in [2.45, 2.75) is 26.4 Å². The Kier molecular flexibility index (Phi) is 2.75. The zero-order chi connectivity index (χ0) is 12.5. The summed E-state index contributed by atoms with van der Waals surface area (Å²) in [6, 6.07) is 5.64. The van der Waals surface area contributed by atoms with Gasteiger partial charge >= 0.3 is 6.09 Å². The third-order valence-electron chi connectivity index (χ3n) is 1.99. The van der Waals surface area contributed by atoms with E-state index in [1.165, 1.54) is 0 Å². The van der Waals surface area contributed by atoms with Crippen molar-refractivity contribution < 1.29 is 9.53 Å². The number of nitrogens with one attached hydrogen (secondary N) is 1. The molecule has 0 aliphatic heterocycles. The molecule has 5 nitrogen and oxygen atoms in total. The quantitative estimate of drug-likeness (QED) is 0.823. The van der Waals surface area contributed by atoms with Gasteiger partial charge in [0.2, 0.25) is 0 Å². The molecule has 2 aromatic heterocycles. The minimum Gasteiger partial charge on any atom is -0.444 e. The molecule has 0 unspecified atom stereocenters. The number of imidazole rings is 1. The second kappa shape index (κ2) is 4.08. The molecule has 0 aliphatic carbocycles. The highest BCUT2D eigenvalue weighted by Gasteiger charge is 2.16. The molecule has 2 rings (SSSR count). The van der Waals surface area contributed by atoms with Gasteiger partial charge < -0.3 is 9.14 Å². The summed E-state index contributed by atoms with van der Waals surface area (Å²) in [5.74, 6) is 0.477. The number of carbonyl (C=O) groups excluding carboxylic acids is 1. The van der Waals surface area contributed by atoms with Gasteiger partial charge in [-0.1, -0.05) is 6.07 Å². The van der Waals surface area contributed by atoms with E-state index in [9.17, 15) is 4.79 Å². The standard InChI is InChI=1S/C12H15N3O2/c1-12(2,3)17-11(16)14-9-8-15-7-5-4-6-10(15)13-9/h4-8H,1-3H3,(H,14,16). The Morgan fingerprint density at radius 1 is 1.41 bits per heavy atom. The molecule has 0 atom stereocenters. The highest BCUT2D eigenvalue weighted by atomic mass is 16.6. The number of pyridine rings is 1. The van der Waals surface area contributed by atoms with Gasteiger partial charge in [0.15, 0.2) is 5.82 Å². The highest BCUT2D eigenvalue weighted by Crippen LogP contribution is 2.12. The second-order valence-corrected chi connectivity index (χ2v) is 4.72. The molecule has 1 N–H and O–H groups in total. The van der Waals surface area contributed by atoms with Crippen LogP contribution in [0.1, 0.15) is 20.8 Å². The van der Waals surface area contributed by atoms with Gasteiger partial charge in [-0.05, 0) is 32.9 Å². The van der Waals surface area contributed by atoms with E-state index in [4.69, 9.17) is 4.74 Å². The fraction of sp³-hybridized carbons (Fsp3) is 0.333. The molecule has 0 bridgehead atoms. The minimum atomic E-state index is -0.511. The largest absolute Gasteiger partial charge is 0.444 e. The van der Waals surface area contributed by atoms with Gasteiger partial charge in [-0.2, -0.15) is 0 Å². The summed E-state index contributed by atoms with van der Waals surface area (Å²) in [5.41, 5.74) is 0.266. The smallest absolute Gasteiger partial charge is 0.413 e. The second-order valence-electron chi connectivity index (χ2n) is 4.72. The number of rotatable bonds is 1. The maximum atomic E-state index is 11.5. The first-order valence-electron chi connectivity index (χ1n) is 5.38. The van der Waals surface area contributed by atoms with Gasteiger partial charge in [-0.3, -0.25) is 5.32 Å². The molecule has 2 heterocycles. The van der Waals surface area contributed by atoms with Crippen molar-refractivity contribution >= 4 is 17.6 Å². The molecular formula is C12H15N3O2. The van der Waals surface area contributed by atoms with E-state index in [0.717, 1.165) is 5.65 Å². The summed E-state index contributed by atoms with van der Waals surface area (Å²) in [5, 5.41) is 2.59. The summed E-state index contributed by atoms with van der Waals surface area (Å²) < 4.78 is 6.96. The summed E-state index contributed by atoms with van der Waals surface area (Å²) in [4.78, 5) is 15.8. The molecule has 0 fully saturated rings. The van der Waals surface area contributed by atoms with E-state index in [2.05, 4.69) is 10.3 Å². The molecule has 1 amide bonds. The Balaban J connectivity index is 2.11. The summed E-state index contributed by atoms with van der Waals surface area (Å²) >= 11 is 0. The fourth-order valence-corrected chi connectivity index (χ4v) is 1.40. The predicted octanol–water partition coefficient (Wildman–Crippen LogP) is 2.68. The van der Waals surface area contributed by atoms with Crippen LogP contribution >= 0.6 is 0 Å². The number of fused-ring (bicyclic) bond motifs is 1. The molecule has 0 radical (unpaired) electrons. The van der Waals surface area contributed by atoms with Crippen molar-refractivity contribution in [2.75, 3.05) is 5.32 Å². The number of hydrogen-bond donors (Lipinski definition) is 1. The van der Waals surface area contributed by atoms with Crippen LogP contribution in [0.4, 0.5) is 10.6 Å². The fourth-order valence-electron chi connectivity index (χ4n) is 1.40. The van der Waals surface area contributed by atoms with Gasteiger partial charge in [0.1, 0.15) is 11.2 Å². The first-order valence-corrected chi connectivity index (χ1v) is 5.38. The van der Waals surface area contributed by atoms with E-state index in [1.807, 2.05) is 49.6 Å². The Labute approximate surface area is 99.4 Å². The predicted molar refractivity (Wildman–Crippen MR) is 65.0 cm³/mol. The van der Waals surface area contributed by atoms with Crippen molar-refractivity contribution in [2.24, 2.45) is 0 Å². The van der Waals surface area contributed by atoms with Crippen LogP contribution in [0, 0.1) is 0 Å². The van der Waals surface area contributed by atoms with Crippen molar-refractivity contribution in [1.29, 1.82) is 0 Å². The van der Waals surface area contributed by atoms with Crippen LogP contribution in [-0.2, 0) is 4.74 Å². The molecule has 0 spiro atoms. The van der Waals surface area contributed by atoms with Gasteiger partial charge in [0, 0.05) is 6.20 Å². The zero-order valence-corrected chi connectivity index (χ0v) is 10.1. The number of ether oxygens (including phenoxy) is 1. The molecule has 0 aliphatic rings. The first-order chi connectivity index (χ1) is 7.94. The van der Waals surface area contributed by atoms with Crippen LogP contribution in [0.15, 0.2) is 30.6 Å². The zero-order valence-electron chi connectivity index (χ0n) is 10.1. The molecule has 5 heteroatoms. The molecule has 90 valence electrons. The SMILES string of the molecule is CC(C)(C)OC(=O)Nc1cn2ccccc2n1. The van der Waals surface area contributed by atoms with Crippen molar-refractivity contribution in [1.82, 2.24) is 9.38 Å². The first kappa shape index (κ1) is 11.4. The molecule has 0 saturated carbocycles. The number of aromatic nitrogens is 2. The minimum absolute atomic E-state index is 0.477. The van der Waals surface area contributed by atoms with Crippen LogP contribution in [0.25, 0.3) is 5.65 Å². The lowest BCUT2D eigenvalue weighted by Gasteiger charge is -2.18. The monoisotopic (exact) mass is 233 g/mol. The topological polar surface area (TPSA) is 55.6 Å². The lowest BCUT2D eigenvalue weighted by molar-refractivity contribution is 0.0635. The summed E-state index contributed by atoms with van der Waals surface area (Å²) in [7, 11) is 0. The van der Waals surface area contributed by atoms with Crippen LogP contribution in [0.2, 0.25) is 0 Å². The van der Waals surface area contributed by atoms with Crippen LogP contribution < -0.4 is 5.32 Å². The maximum Gasteiger partial charge on any atom is 0.413 e. The summed E-state index contributed by atoms with van der Waals surface area (Å²) in [6.45, 7) is 5.45. The lowest BCUT2D eigenvalue weighted by Crippen LogP contribution is -2.27. The molecular weight excluding hydrogens is 218 g/mol. The van der Waals surface area contributed by atoms with Crippen LogP contribution in [0.5, 0.6) is 0 Å². The Bertz CT molecular complexity index is 507. The van der Waals surface area contributed by atoms with E-state index < -0.39 is 11.7 Å². The normalized spacial score (nSPS) is 11.5. The van der Waals surface area contributed by atoms with Crippen molar-refractivity contribution in [3.05, 3.63) is 30.6 Å². The lowest BCUT2D eigenvalue weighted by atomic mass is 10.2. The van der Waals surface area contributed by atoms with Gasteiger partial charge in [0.25, 0.3) is 0 Å².